The lowest BCUT2D eigenvalue weighted by atomic mass is 9.97. The van der Waals surface area contributed by atoms with E-state index in [1.807, 2.05) is 0 Å². The number of ether oxygens (including phenoxy) is 1. The zero-order valence-corrected chi connectivity index (χ0v) is 13.2. The molecule has 112 valence electrons. The summed E-state index contributed by atoms with van der Waals surface area (Å²) in [5.74, 6) is 0.773. The van der Waals surface area contributed by atoms with Gasteiger partial charge < -0.3 is 10.1 Å². The summed E-state index contributed by atoms with van der Waals surface area (Å²) in [4.78, 5) is 0. The second-order valence-corrected chi connectivity index (χ2v) is 6.01. The molecule has 2 unspecified atom stereocenters. The van der Waals surface area contributed by atoms with E-state index in [1.54, 1.807) is 0 Å². The van der Waals surface area contributed by atoms with Crippen molar-refractivity contribution >= 4 is 0 Å². The molecule has 1 aliphatic carbocycles. The van der Waals surface area contributed by atoms with E-state index in [1.165, 1.54) is 30.4 Å². The molecule has 0 heterocycles. The Morgan fingerprint density at radius 3 is 2.45 bits per heavy atom. The molecule has 1 N–H and O–H groups in total. The van der Waals surface area contributed by atoms with Crippen molar-refractivity contribution in [3.05, 3.63) is 35.4 Å². The van der Waals surface area contributed by atoms with Gasteiger partial charge in [0.15, 0.2) is 0 Å². The first-order valence-electron chi connectivity index (χ1n) is 8.15. The Labute approximate surface area is 123 Å². The van der Waals surface area contributed by atoms with Gasteiger partial charge in [-0.1, -0.05) is 36.8 Å². The molecular weight excluding hydrogens is 246 g/mol. The van der Waals surface area contributed by atoms with Crippen molar-refractivity contribution in [3.8, 4) is 0 Å². The summed E-state index contributed by atoms with van der Waals surface area (Å²) in [5.41, 5.74) is 2.74. The van der Waals surface area contributed by atoms with E-state index >= 15 is 0 Å². The number of hydrogen-bond donors (Lipinski definition) is 1. The third-order valence-corrected chi connectivity index (χ3v) is 4.08. The van der Waals surface area contributed by atoms with Crippen LogP contribution in [0.3, 0.4) is 0 Å². The molecular formula is C18H29NO. The third-order valence-electron chi connectivity index (χ3n) is 4.08. The first-order valence-corrected chi connectivity index (χ1v) is 8.15. The second-order valence-electron chi connectivity index (χ2n) is 6.01. The van der Waals surface area contributed by atoms with Crippen LogP contribution in [0.1, 0.15) is 44.2 Å². The minimum absolute atomic E-state index is 0.382. The SMILES string of the molecule is CCCNC(Cc1ccc(C)cc1)C(OCC)C1CC1. The molecule has 2 nitrogen and oxygen atoms in total. The van der Waals surface area contributed by atoms with Gasteiger partial charge in [0.25, 0.3) is 0 Å². The molecule has 1 aromatic carbocycles. The van der Waals surface area contributed by atoms with Crippen molar-refractivity contribution in [3.63, 3.8) is 0 Å². The Balaban J connectivity index is 2.02. The fourth-order valence-electron chi connectivity index (χ4n) is 2.81. The van der Waals surface area contributed by atoms with Gasteiger partial charge in [-0.3, -0.25) is 0 Å². The van der Waals surface area contributed by atoms with Crippen LogP contribution in [0.2, 0.25) is 0 Å². The normalized spacial score (nSPS) is 17.9. The maximum absolute atomic E-state index is 6.06. The molecule has 0 spiro atoms. The van der Waals surface area contributed by atoms with Crippen LogP contribution in [0.15, 0.2) is 24.3 Å². The van der Waals surface area contributed by atoms with Crippen molar-refractivity contribution in [1.29, 1.82) is 0 Å². The zero-order valence-electron chi connectivity index (χ0n) is 13.2. The van der Waals surface area contributed by atoms with Crippen molar-refractivity contribution < 1.29 is 4.74 Å². The Bertz CT molecular complexity index is 383. The maximum Gasteiger partial charge on any atom is 0.0759 e. The molecule has 2 rings (SSSR count). The molecule has 0 amide bonds. The molecule has 0 aliphatic heterocycles. The van der Waals surface area contributed by atoms with Crippen molar-refractivity contribution in [1.82, 2.24) is 5.32 Å². The lowest BCUT2D eigenvalue weighted by molar-refractivity contribution is 0.0192. The number of rotatable bonds is 9. The van der Waals surface area contributed by atoms with E-state index in [0.717, 1.165) is 25.5 Å². The number of aryl methyl sites for hydroxylation is 1. The number of nitrogens with one attached hydrogen (secondary N) is 1. The van der Waals surface area contributed by atoms with Gasteiger partial charge in [-0.25, -0.2) is 0 Å². The standard InChI is InChI=1S/C18H29NO/c1-4-12-19-17(18(20-5-2)16-10-11-16)13-15-8-6-14(3)7-9-15/h6-9,16-19H,4-5,10-13H2,1-3H3. The number of benzene rings is 1. The minimum atomic E-state index is 0.382. The van der Waals surface area contributed by atoms with Gasteiger partial charge in [0.1, 0.15) is 0 Å². The molecule has 0 aromatic heterocycles. The smallest absolute Gasteiger partial charge is 0.0759 e. The summed E-state index contributed by atoms with van der Waals surface area (Å²) in [6, 6.07) is 9.38. The maximum atomic E-state index is 6.06. The van der Waals surface area contributed by atoms with Gasteiger partial charge in [-0.15, -0.1) is 0 Å². The molecule has 20 heavy (non-hydrogen) atoms. The Kier molecular flexibility index (Phi) is 6.06. The van der Waals surface area contributed by atoms with Crippen molar-refractivity contribution in [2.75, 3.05) is 13.2 Å². The Morgan fingerprint density at radius 2 is 1.90 bits per heavy atom. The van der Waals surface area contributed by atoms with Crippen LogP contribution in [0.4, 0.5) is 0 Å². The highest BCUT2D eigenvalue weighted by atomic mass is 16.5. The van der Waals surface area contributed by atoms with Gasteiger partial charge in [0, 0.05) is 12.6 Å². The highest BCUT2D eigenvalue weighted by molar-refractivity contribution is 5.22. The summed E-state index contributed by atoms with van der Waals surface area (Å²) in [7, 11) is 0. The largest absolute Gasteiger partial charge is 0.377 e. The van der Waals surface area contributed by atoms with Crippen LogP contribution >= 0.6 is 0 Å². The second kappa shape index (κ2) is 7.80. The molecule has 2 heteroatoms. The Morgan fingerprint density at radius 1 is 1.20 bits per heavy atom. The highest BCUT2D eigenvalue weighted by Gasteiger charge is 2.36. The van der Waals surface area contributed by atoms with E-state index in [2.05, 4.69) is 50.4 Å². The first-order chi connectivity index (χ1) is 9.74. The lowest BCUT2D eigenvalue weighted by Gasteiger charge is -2.28. The molecule has 0 saturated heterocycles. The van der Waals surface area contributed by atoms with Gasteiger partial charge in [0.05, 0.1) is 6.10 Å². The van der Waals surface area contributed by atoms with Crippen LogP contribution in [0.5, 0.6) is 0 Å². The first kappa shape index (κ1) is 15.5. The summed E-state index contributed by atoms with van der Waals surface area (Å²) < 4.78 is 6.06. The van der Waals surface area contributed by atoms with Crippen LogP contribution in [0.25, 0.3) is 0 Å². The van der Waals surface area contributed by atoms with E-state index < -0.39 is 0 Å². The molecule has 1 aromatic rings. The van der Waals surface area contributed by atoms with E-state index in [4.69, 9.17) is 4.74 Å². The predicted molar refractivity (Wildman–Crippen MR) is 85.1 cm³/mol. The topological polar surface area (TPSA) is 21.3 Å². The molecule has 1 aliphatic rings. The van der Waals surface area contributed by atoms with E-state index in [9.17, 15) is 0 Å². The van der Waals surface area contributed by atoms with Crippen LogP contribution in [-0.2, 0) is 11.2 Å². The van der Waals surface area contributed by atoms with Crippen LogP contribution < -0.4 is 5.32 Å². The average Bonchev–Trinajstić information content (AvgIpc) is 3.28. The summed E-state index contributed by atoms with van der Waals surface area (Å²) in [6.45, 7) is 8.37. The summed E-state index contributed by atoms with van der Waals surface area (Å²) >= 11 is 0. The van der Waals surface area contributed by atoms with Gasteiger partial charge in [0.2, 0.25) is 0 Å². The zero-order chi connectivity index (χ0) is 14.4. The molecule has 1 saturated carbocycles. The Hall–Kier alpha value is -0.860. The van der Waals surface area contributed by atoms with Crippen molar-refractivity contribution in [2.24, 2.45) is 5.92 Å². The van der Waals surface area contributed by atoms with Gasteiger partial charge in [-0.2, -0.15) is 0 Å². The summed E-state index contributed by atoms with van der Waals surface area (Å²) in [5, 5.41) is 3.71. The van der Waals surface area contributed by atoms with Gasteiger partial charge >= 0.3 is 0 Å². The van der Waals surface area contributed by atoms with E-state index in [0.29, 0.717) is 12.1 Å². The van der Waals surface area contributed by atoms with Crippen molar-refractivity contribution in [2.45, 2.75) is 58.6 Å². The van der Waals surface area contributed by atoms with E-state index in [-0.39, 0.29) is 0 Å². The monoisotopic (exact) mass is 275 g/mol. The fraction of sp³-hybridized carbons (Fsp3) is 0.667. The summed E-state index contributed by atoms with van der Waals surface area (Å²) in [6.07, 6.45) is 5.30. The molecule has 0 bridgehead atoms. The fourth-order valence-corrected chi connectivity index (χ4v) is 2.81. The molecule has 1 fully saturated rings. The lowest BCUT2D eigenvalue weighted by Crippen LogP contribution is -2.44. The average molecular weight is 275 g/mol. The van der Waals surface area contributed by atoms with Crippen LogP contribution in [-0.4, -0.2) is 25.3 Å². The third kappa shape index (κ3) is 4.60. The van der Waals surface area contributed by atoms with Crippen LogP contribution in [0, 0.1) is 12.8 Å². The quantitative estimate of drug-likeness (QED) is 0.741. The minimum Gasteiger partial charge on any atom is -0.377 e. The molecule has 0 radical (unpaired) electrons. The molecule has 2 atom stereocenters. The number of hydrogen-bond acceptors (Lipinski definition) is 2. The highest BCUT2D eigenvalue weighted by Crippen LogP contribution is 2.36. The predicted octanol–water partition coefficient (Wildman–Crippen LogP) is 3.72. The van der Waals surface area contributed by atoms with Gasteiger partial charge in [-0.05, 0) is 57.6 Å².